The maximum absolute atomic E-state index is 14.7. The zero-order valence-corrected chi connectivity index (χ0v) is 29.5. The summed E-state index contributed by atoms with van der Waals surface area (Å²) in [6.07, 6.45) is 20.1. The van der Waals surface area contributed by atoms with Gasteiger partial charge in [0.1, 0.15) is 0 Å². The minimum atomic E-state index is 0.0513. The van der Waals surface area contributed by atoms with Gasteiger partial charge in [-0.3, -0.25) is 4.79 Å². The quantitative estimate of drug-likeness (QED) is 0.169. The zero-order chi connectivity index (χ0) is 32.7. The highest BCUT2D eigenvalue weighted by Crippen LogP contribution is 2.75. The Morgan fingerprint density at radius 3 is 2.48 bits per heavy atom. The van der Waals surface area contributed by atoms with E-state index in [1.165, 1.54) is 49.5 Å². The Kier molecular flexibility index (Phi) is 3.33. The van der Waals surface area contributed by atoms with Crippen LogP contribution in [0.1, 0.15) is 98.8 Å². The van der Waals surface area contributed by atoms with Crippen LogP contribution in [0.3, 0.4) is 0 Å². The summed E-state index contributed by atoms with van der Waals surface area (Å²) >= 11 is 0. The minimum Gasteiger partial charge on any atom is -0.294 e. The van der Waals surface area contributed by atoms with E-state index in [2.05, 4.69) is 37.3 Å². The van der Waals surface area contributed by atoms with Crippen molar-refractivity contribution in [3.63, 3.8) is 0 Å². The Balaban J connectivity index is 1.13. The van der Waals surface area contributed by atoms with Gasteiger partial charge in [-0.25, -0.2) is 0 Å². The van der Waals surface area contributed by atoms with Crippen molar-refractivity contribution in [1.82, 2.24) is 0 Å². The molecule has 0 saturated heterocycles. The molecule has 1 heteroatoms. The number of carbonyl (C=O) groups is 1. The van der Waals surface area contributed by atoms with Gasteiger partial charge >= 0.3 is 0 Å². The van der Waals surface area contributed by atoms with Crippen LogP contribution < -0.4 is 20.9 Å². The number of carbonyl (C=O) groups excluding carboxylic acids is 1. The summed E-state index contributed by atoms with van der Waals surface area (Å²) in [7, 11) is 0. The summed E-state index contributed by atoms with van der Waals surface area (Å²) in [6, 6.07) is 5.31. The molecule has 52 heavy (non-hydrogen) atoms. The van der Waals surface area contributed by atoms with Crippen LogP contribution in [-0.2, 0) is 11.2 Å². The van der Waals surface area contributed by atoms with Crippen LogP contribution in [0.15, 0.2) is 29.9 Å². The van der Waals surface area contributed by atoms with E-state index in [0.717, 1.165) is 31.6 Å². The first-order valence-electron chi connectivity index (χ1n) is 21.2. The Morgan fingerprint density at radius 2 is 1.58 bits per heavy atom. The summed E-state index contributed by atoms with van der Waals surface area (Å²) in [5.74, 6) is 4.66. The fourth-order valence-corrected chi connectivity index (χ4v) is 18.0. The van der Waals surface area contributed by atoms with Crippen molar-refractivity contribution in [3.05, 3.63) is 73.0 Å². The fraction of sp³-hybridized carbons (Fsp3) is 0.392. The largest absolute Gasteiger partial charge is 0.294 e. The lowest BCUT2D eigenvalue weighted by Gasteiger charge is -2.50. The summed E-state index contributed by atoms with van der Waals surface area (Å²) in [6.45, 7) is 2.53. The van der Waals surface area contributed by atoms with Crippen LogP contribution >= 0.6 is 0 Å². The van der Waals surface area contributed by atoms with Gasteiger partial charge in [0.15, 0.2) is 5.78 Å². The highest BCUT2D eigenvalue weighted by Gasteiger charge is 2.63. The van der Waals surface area contributed by atoms with Gasteiger partial charge in [-0.05, 0) is 205 Å². The molecular formula is C51H36O. The number of ketones is 1. The van der Waals surface area contributed by atoms with Crippen LogP contribution in [0.4, 0.5) is 0 Å². The van der Waals surface area contributed by atoms with Gasteiger partial charge in [0, 0.05) is 29.1 Å². The third-order valence-corrected chi connectivity index (χ3v) is 18.7. The molecule has 8 atom stereocenters. The zero-order valence-electron chi connectivity index (χ0n) is 29.5. The van der Waals surface area contributed by atoms with Gasteiger partial charge in [0.05, 0.1) is 0 Å². The van der Waals surface area contributed by atoms with Gasteiger partial charge in [0.25, 0.3) is 0 Å². The molecule has 1 nitrogen and oxygen atoms in total. The van der Waals surface area contributed by atoms with Crippen molar-refractivity contribution in [1.29, 1.82) is 0 Å². The first-order chi connectivity index (χ1) is 25.6. The van der Waals surface area contributed by atoms with E-state index in [4.69, 9.17) is 0 Å². The van der Waals surface area contributed by atoms with E-state index in [0.29, 0.717) is 41.3 Å². The second-order valence-corrected chi connectivity index (χ2v) is 20.3. The Bertz CT molecular complexity index is 3480. The third kappa shape index (κ3) is 2.01. The van der Waals surface area contributed by atoms with Crippen molar-refractivity contribution in [2.45, 2.75) is 83.0 Å². The molecule has 1 spiro atoms. The molecule has 11 aliphatic rings. The second kappa shape index (κ2) is 6.95. The molecule has 3 saturated carbocycles. The molecule has 11 aliphatic carbocycles. The highest BCUT2D eigenvalue weighted by molar-refractivity contribution is 6.49. The normalized spacial score (nSPS) is 35.9. The van der Waals surface area contributed by atoms with Gasteiger partial charge in [-0.2, -0.15) is 0 Å². The first-order valence-corrected chi connectivity index (χ1v) is 21.2. The topological polar surface area (TPSA) is 17.1 Å². The summed E-state index contributed by atoms with van der Waals surface area (Å²) < 4.78 is 0. The van der Waals surface area contributed by atoms with Crippen LogP contribution in [-0.4, -0.2) is 5.78 Å². The number of benzene rings is 3. The number of Topliss-reactive ketones (excluding diaryl/α,β-unsaturated/α-hetero) is 1. The molecule has 7 aromatic rings. The first kappa shape index (κ1) is 24.9. The summed E-state index contributed by atoms with van der Waals surface area (Å²) in [5.41, 5.74) is 15.4. The summed E-state index contributed by atoms with van der Waals surface area (Å²) in [4.78, 5) is 14.7. The van der Waals surface area contributed by atoms with E-state index in [1.54, 1.807) is 114 Å². The van der Waals surface area contributed by atoms with Gasteiger partial charge in [-0.1, -0.05) is 56.1 Å². The lowest BCUT2D eigenvalue weighted by molar-refractivity contribution is -0.120. The molecule has 0 aliphatic heterocycles. The SMILES string of the molecule is CC1C=C(C(=O)C2CCCCC2)CC23CC4C=C5CC6CC7C=c8cc9cc%10c%11c%12c(c%13c%14c%15c(c5c5c%15c%15c(c8c(c9%11)c%15c%14%12)=C7C56)C4C=%132)=C(C%10)C13. The molecule has 18 rings (SSSR count). The van der Waals surface area contributed by atoms with E-state index >= 15 is 0 Å². The number of allylic oxidation sites excluding steroid dienone is 4. The molecule has 246 valence electrons. The fourth-order valence-electron chi connectivity index (χ4n) is 18.0. The van der Waals surface area contributed by atoms with Crippen LogP contribution in [0.2, 0.25) is 0 Å². The van der Waals surface area contributed by atoms with Crippen molar-refractivity contribution >= 4 is 98.8 Å². The van der Waals surface area contributed by atoms with Gasteiger partial charge in [-0.15, -0.1) is 0 Å². The van der Waals surface area contributed by atoms with E-state index in [-0.39, 0.29) is 11.3 Å². The van der Waals surface area contributed by atoms with Crippen molar-refractivity contribution in [3.8, 4) is 0 Å². The molecule has 3 fully saturated rings. The molecule has 0 amide bonds. The van der Waals surface area contributed by atoms with E-state index in [1.807, 2.05) is 11.1 Å². The maximum atomic E-state index is 14.7. The number of hydrogen-bond acceptors (Lipinski definition) is 1. The monoisotopic (exact) mass is 664 g/mol. The van der Waals surface area contributed by atoms with E-state index in [9.17, 15) is 4.79 Å². The molecule has 0 N–H and O–H groups in total. The van der Waals surface area contributed by atoms with Gasteiger partial charge in [0.2, 0.25) is 0 Å². The second-order valence-electron chi connectivity index (χ2n) is 20.3. The minimum absolute atomic E-state index is 0.0513. The number of hydrogen-bond donors (Lipinski definition) is 0. The molecule has 0 heterocycles. The van der Waals surface area contributed by atoms with Crippen LogP contribution in [0, 0.1) is 40.9 Å². The maximum Gasteiger partial charge on any atom is 0.161 e. The van der Waals surface area contributed by atoms with Crippen molar-refractivity contribution < 1.29 is 4.79 Å². The molecule has 7 aromatic carbocycles. The third-order valence-electron chi connectivity index (χ3n) is 18.7. The van der Waals surface area contributed by atoms with Crippen molar-refractivity contribution in [2.75, 3.05) is 0 Å². The summed E-state index contributed by atoms with van der Waals surface area (Å²) in [5, 5.41) is 26.6. The average molecular weight is 665 g/mol. The molecule has 0 radical (unpaired) electrons. The predicted octanol–water partition coefficient (Wildman–Crippen LogP) is 8.54. The molecule has 0 bridgehead atoms. The lowest BCUT2D eigenvalue weighted by Crippen LogP contribution is -2.50. The molecular weight excluding hydrogens is 629 g/mol. The number of rotatable bonds is 2. The molecule has 8 unspecified atom stereocenters. The smallest absolute Gasteiger partial charge is 0.161 e. The predicted molar refractivity (Wildman–Crippen MR) is 210 cm³/mol. The van der Waals surface area contributed by atoms with E-state index < -0.39 is 0 Å². The Labute approximate surface area is 299 Å². The average Bonchev–Trinajstić information content (AvgIpc) is 3.98. The van der Waals surface area contributed by atoms with Gasteiger partial charge < -0.3 is 0 Å². The lowest BCUT2D eigenvalue weighted by atomic mass is 9.53. The molecule has 0 aromatic heterocycles. The standard InChI is InChI=1S/C51H36O/c1-17-7-26(50(52)18-5-3-2-4-6-18)16-51-15-25-13-23-11-20-8-19-9-22-10-21-12-24-14-27(48(17)51)35-40-31(24)30(21)37-32(22)36-28(19)29(20)38-33(23)39-34(25)49(51)47(35)46-44(39)42(38)41(36)43(37)45(40)46/h7,9-10,12-13,17-20,25,29,34,48H,2-6,8,11,14-16H2,1H3. The van der Waals surface area contributed by atoms with Crippen LogP contribution in [0.5, 0.6) is 0 Å². The highest BCUT2D eigenvalue weighted by atomic mass is 16.1. The van der Waals surface area contributed by atoms with Crippen LogP contribution in [0.25, 0.3) is 93.0 Å². The number of fused-ring (bicyclic) bond motifs is 1. The van der Waals surface area contributed by atoms with Crippen molar-refractivity contribution in [2.24, 2.45) is 40.9 Å². The Hall–Kier alpha value is -4.23. The Morgan fingerprint density at radius 1 is 0.769 bits per heavy atom.